The van der Waals surface area contributed by atoms with Gasteiger partial charge in [0.1, 0.15) is 24.0 Å². The molecule has 45 heavy (non-hydrogen) atoms. The van der Waals surface area contributed by atoms with Crippen LogP contribution in [0.5, 0.6) is 5.75 Å². The minimum Gasteiger partial charge on any atom is -0.495 e. The molecule has 0 aromatic heterocycles. The number of nitrogens with zero attached hydrogens (tertiary/aromatic N) is 3. The highest BCUT2D eigenvalue weighted by Crippen LogP contribution is 2.34. The average molecular weight is 657 g/mol. The number of halogens is 1. The van der Waals surface area contributed by atoms with Gasteiger partial charge in [-0.2, -0.15) is 0 Å². The van der Waals surface area contributed by atoms with Crippen molar-refractivity contribution < 1.29 is 27.7 Å². The SMILES string of the molecule is COc1ccc([N+](=O)[O-])cc1N(CC(=O)N(Cc1ccccc1Cl)C(Cc1ccccc1)C(=O)NC1CCCCC1)S(C)(=O)=O. The lowest BCUT2D eigenvalue weighted by molar-refractivity contribution is -0.384. The number of sulfonamides is 1. The fourth-order valence-electron chi connectivity index (χ4n) is 5.49. The van der Waals surface area contributed by atoms with E-state index in [0.717, 1.165) is 54.3 Å². The first kappa shape index (κ1) is 33.7. The van der Waals surface area contributed by atoms with Gasteiger partial charge in [0.15, 0.2) is 0 Å². The molecule has 0 heterocycles. The summed E-state index contributed by atoms with van der Waals surface area (Å²) in [5.74, 6) is -1.04. The molecule has 2 amide bonds. The van der Waals surface area contributed by atoms with Crippen LogP contribution in [-0.2, 0) is 32.6 Å². The van der Waals surface area contributed by atoms with Crippen LogP contribution in [0.2, 0.25) is 5.02 Å². The molecule has 0 radical (unpaired) electrons. The maximum Gasteiger partial charge on any atom is 0.271 e. The highest BCUT2D eigenvalue weighted by atomic mass is 35.5. The van der Waals surface area contributed by atoms with Crippen LogP contribution in [0.1, 0.15) is 43.2 Å². The number of anilines is 1. The van der Waals surface area contributed by atoms with Crippen molar-refractivity contribution in [3.8, 4) is 5.75 Å². The van der Waals surface area contributed by atoms with Crippen LogP contribution in [0, 0.1) is 10.1 Å². The zero-order valence-corrected chi connectivity index (χ0v) is 26.8. The third-order valence-electron chi connectivity index (χ3n) is 7.84. The van der Waals surface area contributed by atoms with Gasteiger partial charge in [-0.3, -0.25) is 24.0 Å². The summed E-state index contributed by atoms with van der Waals surface area (Å²) in [4.78, 5) is 40.6. The van der Waals surface area contributed by atoms with Crippen molar-refractivity contribution in [2.24, 2.45) is 0 Å². The van der Waals surface area contributed by atoms with E-state index in [1.54, 1.807) is 24.3 Å². The van der Waals surface area contributed by atoms with Crippen LogP contribution >= 0.6 is 11.6 Å². The number of hydrogen-bond acceptors (Lipinski definition) is 7. The molecular formula is C32H37ClN4O7S. The summed E-state index contributed by atoms with van der Waals surface area (Å²) in [5, 5.41) is 15.1. The number of nitrogens with one attached hydrogen (secondary N) is 1. The Balaban J connectivity index is 1.78. The molecule has 13 heteroatoms. The predicted molar refractivity (Wildman–Crippen MR) is 173 cm³/mol. The molecule has 0 saturated heterocycles. The largest absolute Gasteiger partial charge is 0.495 e. The molecule has 1 fully saturated rings. The fourth-order valence-corrected chi connectivity index (χ4v) is 6.53. The van der Waals surface area contributed by atoms with Crippen LogP contribution in [0.15, 0.2) is 72.8 Å². The minimum atomic E-state index is -4.17. The van der Waals surface area contributed by atoms with Crippen molar-refractivity contribution in [1.82, 2.24) is 10.2 Å². The number of amides is 2. The molecule has 1 saturated carbocycles. The molecule has 1 aliphatic rings. The summed E-state index contributed by atoms with van der Waals surface area (Å²) in [5.41, 5.74) is 0.814. The van der Waals surface area contributed by atoms with E-state index in [1.807, 2.05) is 30.3 Å². The van der Waals surface area contributed by atoms with Gasteiger partial charge in [0.2, 0.25) is 21.8 Å². The van der Waals surface area contributed by atoms with Crippen molar-refractivity contribution in [3.63, 3.8) is 0 Å². The van der Waals surface area contributed by atoms with Gasteiger partial charge in [0.05, 0.1) is 18.3 Å². The van der Waals surface area contributed by atoms with Crippen molar-refractivity contribution in [1.29, 1.82) is 0 Å². The monoisotopic (exact) mass is 656 g/mol. The Morgan fingerprint density at radius 2 is 1.71 bits per heavy atom. The van der Waals surface area contributed by atoms with Crippen molar-refractivity contribution in [2.45, 2.75) is 57.2 Å². The Hall–Kier alpha value is -4.16. The summed E-state index contributed by atoms with van der Waals surface area (Å²) >= 11 is 6.51. The van der Waals surface area contributed by atoms with Gasteiger partial charge < -0.3 is 15.0 Å². The summed E-state index contributed by atoms with van der Waals surface area (Å²) in [6.07, 6.45) is 5.80. The van der Waals surface area contributed by atoms with Crippen molar-refractivity contribution >= 4 is 44.8 Å². The molecule has 1 aliphatic carbocycles. The molecule has 11 nitrogen and oxygen atoms in total. The van der Waals surface area contributed by atoms with Gasteiger partial charge in [0, 0.05) is 36.2 Å². The van der Waals surface area contributed by atoms with Crippen LogP contribution in [-0.4, -0.2) is 62.0 Å². The van der Waals surface area contributed by atoms with E-state index in [9.17, 15) is 28.1 Å². The number of non-ortho nitro benzene ring substituents is 1. The topological polar surface area (TPSA) is 139 Å². The van der Waals surface area contributed by atoms with E-state index >= 15 is 0 Å². The molecule has 4 rings (SSSR count). The highest BCUT2D eigenvalue weighted by Gasteiger charge is 2.35. The average Bonchev–Trinajstić information content (AvgIpc) is 3.02. The Labute approximate surface area is 268 Å². The highest BCUT2D eigenvalue weighted by molar-refractivity contribution is 7.92. The summed E-state index contributed by atoms with van der Waals surface area (Å²) in [6, 6.07) is 18.6. The third kappa shape index (κ3) is 8.95. The fraction of sp³-hybridized carbons (Fsp3) is 0.375. The number of nitro benzene ring substituents is 1. The lowest BCUT2D eigenvalue weighted by Gasteiger charge is -2.35. The molecule has 3 aromatic carbocycles. The standard InChI is InChI=1S/C32H37ClN4O7S/c1-44-30-18-17-26(37(40)41)20-28(30)36(45(2,42)43)22-31(38)35(21-24-13-9-10-16-27(24)33)29(19-23-11-5-3-6-12-23)32(39)34-25-14-7-4-8-15-25/h3,5-6,9-13,16-18,20,25,29H,4,7-8,14-15,19,21-22H2,1-2H3,(H,34,39). The number of rotatable bonds is 13. The molecule has 1 N–H and O–H groups in total. The van der Waals surface area contributed by atoms with Gasteiger partial charge in [0.25, 0.3) is 5.69 Å². The normalized spacial score (nSPS) is 14.3. The lowest BCUT2D eigenvalue weighted by atomic mass is 9.94. The first-order chi connectivity index (χ1) is 21.5. The van der Waals surface area contributed by atoms with E-state index in [-0.39, 0.29) is 42.0 Å². The van der Waals surface area contributed by atoms with Gasteiger partial charge in [-0.05, 0) is 36.1 Å². The number of nitro groups is 1. The van der Waals surface area contributed by atoms with E-state index in [0.29, 0.717) is 10.6 Å². The van der Waals surface area contributed by atoms with E-state index in [2.05, 4.69) is 5.32 Å². The zero-order chi connectivity index (χ0) is 32.6. The Morgan fingerprint density at radius 3 is 2.33 bits per heavy atom. The lowest BCUT2D eigenvalue weighted by Crippen LogP contribution is -2.55. The molecule has 0 aliphatic heterocycles. The third-order valence-corrected chi connectivity index (χ3v) is 9.34. The Bertz CT molecular complexity index is 1610. The van der Waals surface area contributed by atoms with E-state index < -0.39 is 33.4 Å². The Kier molecular flexibility index (Phi) is 11.4. The summed E-state index contributed by atoms with van der Waals surface area (Å²) < 4.78 is 32.4. The van der Waals surface area contributed by atoms with Crippen LogP contribution < -0.4 is 14.4 Å². The van der Waals surface area contributed by atoms with Gasteiger partial charge in [-0.1, -0.05) is 79.4 Å². The number of hydrogen-bond donors (Lipinski definition) is 1. The van der Waals surface area contributed by atoms with Crippen LogP contribution in [0.4, 0.5) is 11.4 Å². The molecule has 240 valence electrons. The second-order valence-corrected chi connectivity index (χ2v) is 13.4. The van der Waals surface area contributed by atoms with Crippen LogP contribution in [0.3, 0.4) is 0 Å². The molecule has 0 bridgehead atoms. The van der Waals surface area contributed by atoms with Gasteiger partial charge in [-0.25, -0.2) is 8.42 Å². The smallest absolute Gasteiger partial charge is 0.271 e. The number of ether oxygens (including phenoxy) is 1. The number of benzene rings is 3. The molecule has 3 aromatic rings. The summed E-state index contributed by atoms with van der Waals surface area (Å²) in [7, 11) is -2.88. The number of methoxy groups -OCH3 is 1. The van der Waals surface area contributed by atoms with Crippen molar-refractivity contribution in [2.75, 3.05) is 24.2 Å². The molecule has 1 atom stereocenters. The van der Waals surface area contributed by atoms with E-state index in [1.165, 1.54) is 24.1 Å². The molecule has 1 unspecified atom stereocenters. The summed E-state index contributed by atoms with van der Waals surface area (Å²) in [6.45, 7) is -0.833. The van der Waals surface area contributed by atoms with Crippen LogP contribution in [0.25, 0.3) is 0 Å². The number of carbonyl (C=O) groups excluding carboxylic acids is 2. The van der Waals surface area contributed by atoms with Gasteiger partial charge in [-0.15, -0.1) is 0 Å². The van der Waals surface area contributed by atoms with Crippen molar-refractivity contribution in [3.05, 3.63) is 99.1 Å². The second kappa shape index (κ2) is 15.2. The molecule has 0 spiro atoms. The predicted octanol–water partition coefficient (Wildman–Crippen LogP) is 5.11. The molecular weight excluding hydrogens is 620 g/mol. The Morgan fingerprint density at radius 1 is 1.04 bits per heavy atom. The maximum absolute atomic E-state index is 14.4. The quantitative estimate of drug-likeness (QED) is 0.199. The zero-order valence-electron chi connectivity index (χ0n) is 25.2. The second-order valence-electron chi connectivity index (χ2n) is 11.0. The minimum absolute atomic E-state index is 0.0207. The first-order valence-corrected chi connectivity index (χ1v) is 16.9. The first-order valence-electron chi connectivity index (χ1n) is 14.6. The van der Waals surface area contributed by atoms with Gasteiger partial charge >= 0.3 is 0 Å². The number of carbonyl (C=O) groups is 2. The maximum atomic E-state index is 14.4. The van der Waals surface area contributed by atoms with E-state index in [4.69, 9.17) is 16.3 Å².